The fourth-order valence-electron chi connectivity index (χ4n) is 0.987. The standard InChI is InChI=1S/C9H8N4O2/c1-6-2-3-8(10-4-6)12-9(14)7-5-11-15-13-7/h2-5H,1H3,(H,10,12,14). The maximum atomic E-state index is 11.4. The first-order valence-electron chi connectivity index (χ1n) is 4.27. The van der Waals surface area contributed by atoms with Gasteiger partial charge < -0.3 is 5.32 Å². The third-order valence-corrected chi connectivity index (χ3v) is 1.75. The summed E-state index contributed by atoms with van der Waals surface area (Å²) < 4.78 is 4.31. The van der Waals surface area contributed by atoms with Crippen LogP contribution in [0.4, 0.5) is 5.82 Å². The van der Waals surface area contributed by atoms with Crippen LogP contribution >= 0.6 is 0 Å². The van der Waals surface area contributed by atoms with Crippen LogP contribution in [0.15, 0.2) is 29.2 Å². The number of carbonyl (C=O) groups excluding carboxylic acids is 1. The highest BCUT2D eigenvalue weighted by molar-refractivity contribution is 6.01. The largest absolute Gasteiger partial charge is 0.305 e. The molecule has 76 valence electrons. The molecular weight excluding hydrogens is 196 g/mol. The fourth-order valence-corrected chi connectivity index (χ4v) is 0.987. The van der Waals surface area contributed by atoms with Gasteiger partial charge in [0.25, 0.3) is 5.91 Å². The van der Waals surface area contributed by atoms with Gasteiger partial charge in [-0.1, -0.05) is 11.2 Å². The molecule has 0 fully saturated rings. The van der Waals surface area contributed by atoms with E-state index in [9.17, 15) is 4.79 Å². The van der Waals surface area contributed by atoms with Crippen LogP contribution in [-0.2, 0) is 0 Å². The minimum absolute atomic E-state index is 0.123. The minimum atomic E-state index is -0.396. The molecule has 15 heavy (non-hydrogen) atoms. The molecule has 2 rings (SSSR count). The normalized spacial score (nSPS) is 9.93. The molecule has 6 heteroatoms. The zero-order valence-corrected chi connectivity index (χ0v) is 7.97. The molecule has 0 saturated heterocycles. The van der Waals surface area contributed by atoms with E-state index in [0.29, 0.717) is 5.82 Å². The molecule has 0 aromatic carbocycles. The number of hydrogen-bond donors (Lipinski definition) is 1. The second-order valence-electron chi connectivity index (χ2n) is 2.97. The molecule has 2 aromatic rings. The average Bonchev–Trinajstić information content (AvgIpc) is 2.74. The Morgan fingerprint density at radius 1 is 1.40 bits per heavy atom. The Morgan fingerprint density at radius 3 is 2.87 bits per heavy atom. The van der Waals surface area contributed by atoms with Crippen molar-refractivity contribution in [2.75, 3.05) is 5.32 Å². The number of aromatic nitrogens is 3. The molecule has 0 saturated carbocycles. The van der Waals surface area contributed by atoms with Crippen LogP contribution < -0.4 is 5.32 Å². The van der Waals surface area contributed by atoms with Gasteiger partial charge in [0.05, 0.1) is 0 Å². The molecule has 1 N–H and O–H groups in total. The van der Waals surface area contributed by atoms with E-state index in [1.165, 1.54) is 6.20 Å². The molecule has 0 bridgehead atoms. The second-order valence-corrected chi connectivity index (χ2v) is 2.97. The molecule has 0 atom stereocenters. The molecule has 0 spiro atoms. The summed E-state index contributed by atoms with van der Waals surface area (Å²) in [5.74, 6) is 0.0706. The van der Waals surface area contributed by atoms with Crippen LogP contribution in [0.1, 0.15) is 16.1 Å². The number of carbonyl (C=O) groups is 1. The van der Waals surface area contributed by atoms with Crippen molar-refractivity contribution in [1.29, 1.82) is 0 Å². The molecule has 0 aliphatic rings. The summed E-state index contributed by atoms with van der Waals surface area (Å²) in [6.45, 7) is 1.92. The lowest BCUT2D eigenvalue weighted by Gasteiger charge is -2.00. The number of amides is 1. The van der Waals surface area contributed by atoms with Gasteiger partial charge in [-0.25, -0.2) is 9.61 Å². The van der Waals surface area contributed by atoms with E-state index in [2.05, 4.69) is 25.2 Å². The maximum absolute atomic E-state index is 11.4. The Labute approximate surface area is 85.3 Å². The lowest BCUT2D eigenvalue weighted by atomic mass is 10.3. The Balaban J connectivity index is 2.09. The van der Waals surface area contributed by atoms with Crippen molar-refractivity contribution in [3.63, 3.8) is 0 Å². The first kappa shape index (κ1) is 9.32. The van der Waals surface area contributed by atoms with E-state index in [1.807, 2.05) is 13.0 Å². The van der Waals surface area contributed by atoms with E-state index in [0.717, 1.165) is 5.56 Å². The molecule has 1 amide bonds. The molecule has 2 aromatic heterocycles. The predicted octanol–water partition coefficient (Wildman–Crippen LogP) is 1.03. The van der Waals surface area contributed by atoms with Crippen molar-refractivity contribution in [3.05, 3.63) is 35.8 Å². The highest BCUT2D eigenvalue weighted by atomic mass is 16.6. The fraction of sp³-hybridized carbons (Fsp3) is 0.111. The van der Waals surface area contributed by atoms with Gasteiger partial charge in [0.15, 0.2) is 5.69 Å². The summed E-state index contributed by atoms with van der Waals surface area (Å²) in [4.78, 5) is 15.5. The Morgan fingerprint density at radius 2 is 2.27 bits per heavy atom. The van der Waals surface area contributed by atoms with Crippen LogP contribution in [0.3, 0.4) is 0 Å². The van der Waals surface area contributed by atoms with Crippen LogP contribution in [0.2, 0.25) is 0 Å². The molecule has 6 nitrogen and oxygen atoms in total. The minimum Gasteiger partial charge on any atom is -0.305 e. The van der Waals surface area contributed by atoms with E-state index < -0.39 is 5.91 Å². The molecule has 0 aliphatic carbocycles. The number of nitrogens with one attached hydrogen (secondary N) is 1. The van der Waals surface area contributed by atoms with Crippen LogP contribution in [-0.4, -0.2) is 21.2 Å². The van der Waals surface area contributed by atoms with Crippen molar-refractivity contribution in [1.82, 2.24) is 15.3 Å². The maximum Gasteiger partial charge on any atom is 0.280 e. The number of anilines is 1. The number of rotatable bonds is 2. The quantitative estimate of drug-likeness (QED) is 0.789. The lowest BCUT2D eigenvalue weighted by Crippen LogP contribution is -2.13. The summed E-state index contributed by atoms with van der Waals surface area (Å²) in [6.07, 6.45) is 2.90. The van der Waals surface area contributed by atoms with Gasteiger partial charge >= 0.3 is 0 Å². The first-order chi connectivity index (χ1) is 7.25. The SMILES string of the molecule is Cc1ccc(NC(=O)c2cnon2)nc1. The predicted molar refractivity (Wildman–Crippen MR) is 51.2 cm³/mol. The summed E-state index contributed by atoms with van der Waals surface area (Å²) >= 11 is 0. The van der Waals surface area contributed by atoms with E-state index in [-0.39, 0.29) is 5.69 Å². The monoisotopic (exact) mass is 204 g/mol. The molecule has 2 heterocycles. The van der Waals surface area contributed by atoms with Crippen LogP contribution in [0.5, 0.6) is 0 Å². The lowest BCUT2D eigenvalue weighted by molar-refractivity contribution is 0.101. The highest BCUT2D eigenvalue weighted by Crippen LogP contribution is 2.05. The van der Waals surface area contributed by atoms with Gasteiger partial charge in [-0.2, -0.15) is 0 Å². The Bertz CT molecular complexity index is 449. The Hall–Kier alpha value is -2.24. The van der Waals surface area contributed by atoms with Crippen molar-refractivity contribution in [2.24, 2.45) is 0 Å². The topological polar surface area (TPSA) is 80.9 Å². The van der Waals surface area contributed by atoms with E-state index >= 15 is 0 Å². The third kappa shape index (κ3) is 2.16. The van der Waals surface area contributed by atoms with Crippen molar-refractivity contribution in [2.45, 2.75) is 6.92 Å². The number of hydrogen-bond acceptors (Lipinski definition) is 5. The molecule has 0 unspecified atom stereocenters. The van der Waals surface area contributed by atoms with Gasteiger partial charge in [0.2, 0.25) is 0 Å². The number of pyridine rings is 1. The van der Waals surface area contributed by atoms with Gasteiger partial charge in [-0.15, -0.1) is 0 Å². The molecular formula is C9H8N4O2. The summed E-state index contributed by atoms with van der Waals surface area (Å²) in [5.41, 5.74) is 1.15. The van der Waals surface area contributed by atoms with Gasteiger partial charge in [0.1, 0.15) is 12.0 Å². The summed E-state index contributed by atoms with van der Waals surface area (Å²) in [6, 6.07) is 3.56. The smallest absolute Gasteiger partial charge is 0.280 e. The summed E-state index contributed by atoms with van der Waals surface area (Å²) in [7, 11) is 0. The van der Waals surface area contributed by atoms with Crippen molar-refractivity contribution in [3.8, 4) is 0 Å². The van der Waals surface area contributed by atoms with E-state index in [1.54, 1.807) is 12.3 Å². The number of aryl methyl sites for hydroxylation is 1. The molecule has 0 aliphatic heterocycles. The third-order valence-electron chi connectivity index (χ3n) is 1.75. The van der Waals surface area contributed by atoms with Gasteiger partial charge in [-0.05, 0) is 23.7 Å². The van der Waals surface area contributed by atoms with Crippen LogP contribution in [0.25, 0.3) is 0 Å². The van der Waals surface area contributed by atoms with Crippen molar-refractivity contribution < 1.29 is 9.42 Å². The number of nitrogens with zero attached hydrogens (tertiary/aromatic N) is 3. The van der Waals surface area contributed by atoms with Crippen LogP contribution in [0, 0.1) is 6.92 Å². The summed E-state index contributed by atoms with van der Waals surface area (Å²) in [5, 5.41) is 9.29. The van der Waals surface area contributed by atoms with Crippen molar-refractivity contribution >= 4 is 11.7 Å². The zero-order valence-electron chi connectivity index (χ0n) is 7.97. The van der Waals surface area contributed by atoms with Gasteiger partial charge in [-0.3, -0.25) is 4.79 Å². The van der Waals surface area contributed by atoms with Gasteiger partial charge in [0, 0.05) is 6.20 Å². The highest BCUT2D eigenvalue weighted by Gasteiger charge is 2.10. The Kier molecular flexibility index (Phi) is 2.40. The second kappa shape index (κ2) is 3.87. The van der Waals surface area contributed by atoms with E-state index in [4.69, 9.17) is 0 Å². The average molecular weight is 204 g/mol. The molecule has 0 radical (unpaired) electrons. The first-order valence-corrected chi connectivity index (χ1v) is 4.27. The zero-order chi connectivity index (χ0) is 10.7.